The molecule has 0 fully saturated rings. The van der Waals surface area contributed by atoms with Gasteiger partial charge >= 0.3 is 0 Å². The summed E-state index contributed by atoms with van der Waals surface area (Å²) in [7, 11) is 3.30. The summed E-state index contributed by atoms with van der Waals surface area (Å²) in [5.41, 5.74) is 7.12. The molecule has 1 unspecified atom stereocenters. The van der Waals surface area contributed by atoms with Crippen LogP contribution in [-0.2, 0) is 11.8 Å². The van der Waals surface area contributed by atoms with Gasteiger partial charge in [-0.05, 0) is 35.6 Å². The Kier molecular flexibility index (Phi) is 4.68. The Morgan fingerprint density at radius 2 is 1.90 bits per heavy atom. The van der Waals surface area contributed by atoms with Crippen LogP contribution in [0, 0.1) is 0 Å². The summed E-state index contributed by atoms with van der Waals surface area (Å²) in [6.45, 7) is 2.77. The highest BCUT2D eigenvalue weighted by Crippen LogP contribution is 2.35. The molecule has 108 valence electrons. The summed E-state index contributed by atoms with van der Waals surface area (Å²) in [5.74, 6) is 1.49. The van der Waals surface area contributed by atoms with Crippen LogP contribution >= 0.6 is 11.3 Å². The molecular formula is C16H21NO2S. The number of nitrogens with two attached hydrogens (primary N) is 1. The van der Waals surface area contributed by atoms with Crippen LogP contribution in [0.2, 0.25) is 0 Å². The molecule has 0 saturated carbocycles. The van der Waals surface area contributed by atoms with Crippen LogP contribution in [0.1, 0.15) is 17.4 Å². The first-order chi connectivity index (χ1) is 9.62. The van der Waals surface area contributed by atoms with Crippen molar-refractivity contribution in [3.05, 3.63) is 46.2 Å². The van der Waals surface area contributed by atoms with Gasteiger partial charge in [0, 0.05) is 16.8 Å². The van der Waals surface area contributed by atoms with E-state index in [2.05, 4.69) is 30.5 Å². The third-order valence-electron chi connectivity index (χ3n) is 3.68. The molecule has 0 aliphatic carbocycles. The van der Waals surface area contributed by atoms with Crippen molar-refractivity contribution >= 4 is 11.3 Å². The molecule has 0 bridgehead atoms. The fourth-order valence-electron chi connectivity index (χ4n) is 2.30. The minimum Gasteiger partial charge on any atom is -0.493 e. The largest absolute Gasteiger partial charge is 0.493 e. The molecule has 0 spiro atoms. The van der Waals surface area contributed by atoms with Crippen LogP contribution < -0.4 is 15.2 Å². The lowest BCUT2D eigenvalue weighted by molar-refractivity contribution is 0.352. The summed E-state index contributed by atoms with van der Waals surface area (Å²) in [5, 5.41) is 2.10. The van der Waals surface area contributed by atoms with Crippen LogP contribution in [-0.4, -0.2) is 20.8 Å². The van der Waals surface area contributed by atoms with Crippen molar-refractivity contribution < 1.29 is 9.47 Å². The molecule has 1 heterocycles. The number of hydrogen-bond acceptors (Lipinski definition) is 4. The van der Waals surface area contributed by atoms with E-state index in [1.54, 1.807) is 25.6 Å². The van der Waals surface area contributed by atoms with Crippen molar-refractivity contribution in [3.8, 4) is 11.5 Å². The number of methoxy groups -OCH3 is 2. The maximum absolute atomic E-state index is 6.05. The predicted molar refractivity (Wildman–Crippen MR) is 84.0 cm³/mol. The second kappa shape index (κ2) is 6.29. The van der Waals surface area contributed by atoms with Crippen molar-refractivity contribution in [1.29, 1.82) is 0 Å². The molecule has 4 heteroatoms. The van der Waals surface area contributed by atoms with E-state index in [1.807, 2.05) is 12.1 Å². The van der Waals surface area contributed by atoms with Gasteiger partial charge in [0.1, 0.15) is 0 Å². The number of thiophene rings is 1. The first-order valence-corrected chi connectivity index (χ1v) is 7.46. The summed E-state index contributed by atoms with van der Waals surface area (Å²) >= 11 is 1.77. The molecule has 1 aromatic carbocycles. The van der Waals surface area contributed by atoms with E-state index in [4.69, 9.17) is 15.2 Å². The van der Waals surface area contributed by atoms with E-state index >= 15 is 0 Å². The Hall–Kier alpha value is -1.52. The second-order valence-corrected chi connectivity index (χ2v) is 6.12. The van der Waals surface area contributed by atoms with Gasteiger partial charge in [-0.1, -0.05) is 19.1 Å². The molecule has 2 aromatic rings. The van der Waals surface area contributed by atoms with Crippen LogP contribution in [0.5, 0.6) is 11.5 Å². The van der Waals surface area contributed by atoms with Gasteiger partial charge in [-0.3, -0.25) is 0 Å². The number of benzene rings is 1. The molecular weight excluding hydrogens is 270 g/mol. The smallest absolute Gasteiger partial charge is 0.161 e. The lowest BCUT2D eigenvalue weighted by Crippen LogP contribution is -2.34. The quantitative estimate of drug-likeness (QED) is 0.888. The van der Waals surface area contributed by atoms with E-state index in [9.17, 15) is 0 Å². The lowest BCUT2D eigenvalue weighted by Gasteiger charge is -2.29. The SMILES string of the molecule is COc1ccc(C(C)(CN)Cc2cccs2)cc1OC. The molecule has 2 rings (SSSR count). The molecule has 0 radical (unpaired) electrons. The van der Waals surface area contributed by atoms with Crippen LogP contribution in [0.15, 0.2) is 35.7 Å². The van der Waals surface area contributed by atoms with Gasteiger partial charge in [0.15, 0.2) is 11.5 Å². The number of rotatable bonds is 6. The van der Waals surface area contributed by atoms with Crippen molar-refractivity contribution in [2.75, 3.05) is 20.8 Å². The molecule has 3 nitrogen and oxygen atoms in total. The standard InChI is InChI=1S/C16H21NO2S/c1-16(11-17,10-13-5-4-8-20-13)12-6-7-14(18-2)15(9-12)19-3/h4-9H,10-11,17H2,1-3H3. The van der Waals surface area contributed by atoms with Crippen molar-refractivity contribution in [3.63, 3.8) is 0 Å². The Labute approximate surface area is 124 Å². The number of ether oxygens (including phenoxy) is 2. The van der Waals surface area contributed by atoms with Crippen LogP contribution in [0.4, 0.5) is 0 Å². The average Bonchev–Trinajstić information content (AvgIpc) is 2.99. The monoisotopic (exact) mass is 291 g/mol. The summed E-state index contributed by atoms with van der Waals surface area (Å²) in [6, 6.07) is 10.3. The fourth-order valence-corrected chi connectivity index (χ4v) is 3.19. The van der Waals surface area contributed by atoms with Crippen molar-refractivity contribution in [2.45, 2.75) is 18.8 Å². The minimum atomic E-state index is -0.107. The van der Waals surface area contributed by atoms with Gasteiger partial charge in [-0.15, -0.1) is 11.3 Å². The molecule has 0 aliphatic heterocycles. The fraction of sp³-hybridized carbons (Fsp3) is 0.375. The Morgan fingerprint density at radius 3 is 2.45 bits per heavy atom. The molecule has 1 aromatic heterocycles. The molecule has 20 heavy (non-hydrogen) atoms. The van der Waals surface area contributed by atoms with Crippen molar-refractivity contribution in [2.24, 2.45) is 5.73 Å². The Bertz CT molecular complexity index is 554. The van der Waals surface area contributed by atoms with E-state index in [1.165, 1.54) is 10.4 Å². The maximum Gasteiger partial charge on any atom is 0.161 e. The Balaban J connectivity index is 2.35. The van der Waals surface area contributed by atoms with Gasteiger partial charge < -0.3 is 15.2 Å². The van der Waals surface area contributed by atoms with E-state index < -0.39 is 0 Å². The third kappa shape index (κ3) is 2.97. The lowest BCUT2D eigenvalue weighted by atomic mass is 9.79. The summed E-state index contributed by atoms with van der Waals surface area (Å²) < 4.78 is 10.7. The van der Waals surface area contributed by atoms with Crippen LogP contribution in [0.25, 0.3) is 0 Å². The van der Waals surface area contributed by atoms with Crippen molar-refractivity contribution in [1.82, 2.24) is 0 Å². The zero-order valence-electron chi connectivity index (χ0n) is 12.2. The summed E-state index contributed by atoms with van der Waals surface area (Å²) in [4.78, 5) is 1.34. The zero-order valence-corrected chi connectivity index (χ0v) is 13.0. The van der Waals surface area contributed by atoms with Gasteiger partial charge in [-0.25, -0.2) is 0 Å². The average molecular weight is 291 g/mol. The minimum absolute atomic E-state index is 0.107. The molecule has 0 saturated heterocycles. The first kappa shape index (κ1) is 14.9. The summed E-state index contributed by atoms with van der Waals surface area (Å²) in [6.07, 6.45) is 0.927. The maximum atomic E-state index is 6.05. The van der Waals surface area contributed by atoms with E-state index in [-0.39, 0.29) is 5.41 Å². The van der Waals surface area contributed by atoms with Gasteiger partial charge in [-0.2, -0.15) is 0 Å². The predicted octanol–water partition coefficient (Wildman–Crippen LogP) is 3.22. The molecule has 1 atom stereocenters. The normalized spacial score (nSPS) is 13.8. The Morgan fingerprint density at radius 1 is 1.15 bits per heavy atom. The number of hydrogen-bond donors (Lipinski definition) is 1. The van der Waals surface area contributed by atoms with E-state index in [0.717, 1.165) is 17.9 Å². The highest BCUT2D eigenvalue weighted by molar-refractivity contribution is 7.09. The highest BCUT2D eigenvalue weighted by Gasteiger charge is 2.27. The molecule has 0 amide bonds. The molecule has 0 aliphatic rings. The first-order valence-electron chi connectivity index (χ1n) is 6.58. The second-order valence-electron chi connectivity index (χ2n) is 5.09. The zero-order chi connectivity index (χ0) is 14.6. The van der Waals surface area contributed by atoms with Crippen LogP contribution in [0.3, 0.4) is 0 Å². The van der Waals surface area contributed by atoms with Gasteiger partial charge in [0.2, 0.25) is 0 Å². The van der Waals surface area contributed by atoms with Gasteiger partial charge in [0.25, 0.3) is 0 Å². The van der Waals surface area contributed by atoms with E-state index in [0.29, 0.717) is 6.54 Å². The molecule has 2 N–H and O–H groups in total. The third-order valence-corrected chi connectivity index (χ3v) is 4.55. The highest BCUT2D eigenvalue weighted by atomic mass is 32.1. The topological polar surface area (TPSA) is 44.5 Å². The van der Waals surface area contributed by atoms with Gasteiger partial charge in [0.05, 0.1) is 14.2 Å².